The molecular formula is C9H15F2N3O. The molecule has 0 radical (unpaired) electrons. The van der Waals surface area contributed by atoms with Crippen LogP contribution in [0.3, 0.4) is 0 Å². The standard InChI is InChI=1S/C9H15F2N3O/c1-2-14-6-13-4-7(14)3-12-5-8(15)9(10)11/h4,6,8-9,12,15H,2-3,5H2,1H3. The van der Waals surface area contributed by atoms with Crippen molar-refractivity contribution in [2.24, 2.45) is 0 Å². The van der Waals surface area contributed by atoms with E-state index in [1.807, 2.05) is 11.5 Å². The van der Waals surface area contributed by atoms with Crippen molar-refractivity contribution >= 4 is 0 Å². The second-order valence-electron chi connectivity index (χ2n) is 3.20. The first-order valence-corrected chi connectivity index (χ1v) is 4.81. The molecule has 1 unspecified atom stereocenters. The van der Waals surface area contributed by atoms with Crippen molar-refractivity contribution in [2.75, 3.05) is 6.54 Å². The van der Waals surface area contributed by atoms with E-state index >= 15 is 0 Å². The van der Waals surface area contributed by atoms with Crippen LogP contribution in [0, 0.1) is 0 Å². The van der Waals surface area contributed by atoms with Crippen molar-refractivity contribution in [1.82, 2.24) is 14.9 Å². The van der Waals surface area contributed by atoms with E-state index < -0.39 is 12.5 Å². The van der Waals surface area contributed by atoms with E-state index in [0.29, 0.717) is 6.54 Å². The summed E-state index contributed by atoms with van der Waals surface area (Å²) in [6, 6.07) is 0. The van der Waals surface area contributed by atoms with E-state index in [2.05, 4.69) is 10.3 Å². The van der Waals surface area contributed by atoms with Gasteiger partial charge in [-0.15, -0.1) is 0 Å². The summed E-state index contributed by atoms with van der Waals surface area (Å²) in [7, 11) is 0. The number of aliphatic hydroxyl groups excluding tert-OH is 1. The van der Waals surface area contributed by atoms with Crippen LogP contribution in [0.15, 0.2) is 12.5 Å². The van der Waals surface area contributed by atoms with Crippen LogP contribution in [0.4, 0.5) is 8.78 Å². The number of nitrogens with one attached hydrogen (secondary N) is 1. The molecule has 0 fully saturated rings. The third-order valence-corrected chi connectivity index (χ3v) is 2.09. The van der Waals surface area contributed by atoms with Gasteiger partial charge in [0.15, 0.2) is 0 Å². The molecule has 1 aromatic rings. The highest BCUT2D eigenvalue weighted by molar-refractivity contribution is 4.97. The minimum absolute atomic E-state index is 0.118. The van der Waals surface area contributed by atoms with E-state index in [1.54, 1.807) is 12.5 Å². The number of hydrogen-bond acceptors (Lipinski definition) is 3. The van der Waals surface area contributed by atoms with Crippen LogP contribution in [0.2, 0.25) is 0 Å². The zero-order valence-corrected chi connectivity index (χ0v) is 8.53. The molecule has 6 heteroatoms. The van der Waals surface area contributed by atoms with Crippen LogP contribution in [-0.4, -0.2) is 33.7 Å². The highest BCUT2D eigenvalue weighted by Crippen LogP contribution is 2.01. The zero-order chi connectivity index (χ0) is 11.3. The Balaban J connectivity index is 2.31. The molecule has 1 heterocycles. The lowest BCUT2D eigenvalue weighted by atomic mass is 10.3. The van der Waals surface area contributed by atoms with Crippen molar-refractivity contribution in [3.05, 3.63) is 18.2 Å². The maximum atomic E-state index is 11.9. The molecule has 0 aliphatic rings. The lowest BCUT2D eigenvalue weighted by Crippen LogP contribution is -2.32. The Kier molecular flexibility index (Phi) is 4.64. The zero-order valence-electron chi connectivity index (χ0n) is 8.53. The number of rotatable bonds is 6. The minimum Gasteiger partial charge on any atom is -0.386 e. The summed E-state index contributed by atoms with van der Waals surface area (Å²) in [6.07, 6.45) is -0.956. The number of alkyl halides is 2. The van der Waals surface area contributed by atoms with Crippen molar-refractivity contribution in [3.8, 4) is 0 Å². The Morgan fingerprint density at radius 2 is 2.33 bits per heavy atom. The van der Waals surface area contributed by atoms with E-state index in [0.717, 1.165) is 12.2 Å². The Bertz CT molecular complexity index is 291. The van der Waals surface area contributed by atoms with Crippen molar-refractivity contribution in [3.63, 3.8) is 0 Å². The highest BCUT2D eigenvalue weighted by Gasteiger charge is 2.15. The summed E-state index contributed by atoms with van der Waals surface area (Å²) in [4.78, 5) is 3.94. The molecule has 0 amide bonds. The fraction of sp³-hybridized carbons (Fsp3) is 0.667. The number of aromatic nitrogens is 2. The predicted octanol–water partition coefficient (Wildman–Crippen LogP) is 0.619. The molecule has 0 saturated carbocycles. The number of nitrogens with zero attached hydrogens (tertiary/aromatic N) is 2. The lowest BCUT2D eigenvalue weighted by Gasteiger charge is -2.11. The van der Waals surface area contributed by atoms with Crippen LogP contribution in [0.5, 0.6) is 0 Å². The van der Waals surface area contributed by atoms with Gasteiger partial charge < -0.3 is 15.0 Å². The summed E-state index contributed by atoms with van der Waals surface area (Å²) >= 11 is 0. The van der Waals surface area contributed by atoms with Crippen molar-refractivity contribution in [2.45, 2.75) is 32.5 Å². The summed E-state index contributed by atoms with van der Waals surface area (Å²) in [6.45, 7) is 3.07. The summed E-state index contributed by atoms with van der Waals surface area (Å²) < 4.78 is 25.8. The Hall–Kier alpha value is -1.01. The van der Waals surface area contributed by atoms with Gasteiger partial charge in [0.1, 0.15) is 6.10 Å². The second-order valence-corrected chi connectivity index (χ2v) is 3.20. The smallest absolute Gasteiger partial charge is 0.265 e. The van der Waals surface area contributed by atoms with Crippen LogP contribution < -0.4 is 5.32 Å². The van der Waals surface area contributed by atoms with E-state index in [4.69, 9.17) is 5.11 Å². The Labute approximate surface area is 86.9 Å². The van der Waals surface area contributed by atoms with Crippen LogP contribution in [0.25, 0.3) is 0 Å². The molecule has 1 rings (SSSR count). The van der Waals surface area contributed by atoms with Crippen LogP contribution in [-0.2, 0) is 13.1 Å². The van der Waals surface area contributed by atoms with Gasteiger partial charge in [-0.2, -0.15) is 0 Å². The van der Waals surface area contributed by atoms with Gasteiger partial charge >= 0.3 is 0 Å². The first-order chi connectivity index (χ1) is 7.15. The maximum Gasteiger partial charge on any atom is 0.265 e. The summed E-state index contributed by atoms with van der Waals surface area (Å²) in [5, 5.41) is 11.6. The highest BCUT2D eigenvalue weighted by atomic mass is 19.3. The molecule has 15 heavy (non-hydrogen) atoms. The first-order valence-electron chi connectivity index (χ1n) is 4.81. The van der Waals surface area contributed by atoms with Gasteiger partial charge in [0, 0.05) is 25.8 Å². The van der Waals surface area contributed by atoms with E-state index in [-0.39, 0.29) is 6.54 Å². The Morgan fingerprint density at radius 1 is 1.60 bits per heavy atom. The van der Waals surface area contributed by atoms with Gasteiger partial charge in [0.25, 0.3) is 6.43 Å². The first kappa shape index (κ1) is 12.1. The second kappa shape index (κ2) is 5.77. The molecule has 0 saturated heterocycles. The SMILES string of the molecule is CCn1cncc1CNCC(O)C(F)F. The molecule has 0 aliphatic carbocycles. The average molecular weight is 219 g/mol. The molecular weight excluding hydrogens is 204 g/mol. The number of halogens is 2. The van der Waals surface area contributed by atoms with Gasteiger partial charge in [-0.1, -0.05) is 0 Å². The van der Waals surface area contributed by atoms with Gasteiger partial charge in [0.2, 0.25) is 0 Å². The normalized spacial score (nSPS) is 13.4. The lowest BCUT2D eigenvalue weighted by molar-refractivity contribution is -0.00347. The number of imidazole rings is 1. The predicted molar refractivity (Wildman–Crippen MR) is 51.6 cm³/mol. The van der Waals surface area contributed by atoms with Gasteiger partial charge in [-0.3, -0.25) is 0 Å². The molecule has 1 atom stereocenters. The molecule has 2 N–H and O–H groups in total. The van der Waals surface area contributed by atoms with Gasteiger partial charge in [-0.25, -0.2) is 13.8 Å². The molecule has 0 aromatic carbocycles. The summed E-state index contributed by atoms with van der Waals surface area (Å²) in [5.41, 5.74) is 0.916. The van der Waals surface area contributed by atoms with Crippen molar-refractivity contribution < 1.29 is 13.9 Å². The fourth-order valence-corrected chi connectivity index (χ4v) is 1.22. The van der Waals surface area contributed by atoms with Crippen LogP contribution >= 0.6 is 0 Å². The molecule has 0 bridgehead atoms. The van der Waals surface area contributed by atoms with Gasteiger partial charge in [0.05, 0.1) is 12.0 Å². The van der Waals surface area contributed by atoms with E-state index in [9.17, 15) is 8.78 Å². The minimum atomic E-state index is -2.70. The average Bonchev–Trinajstić information content (AvgIpc) is 2.65. The third-order valence-electron chi connectivity index (χ3n) is 2.09. The molecule has 86 valence electrons. The quantitative estimate of drug-likeness (QED) is 0.737. The topological polar surface area (TPSA) is 50.1 Å². The van der Waals surface area contributed by atoms with Crippen LogP contribution in [0.1, 0.15) is 12.6 Å². The molecule has 0 aliphatic heterocycles. The Morgan fingerprint density at radius 3 is 2.93 bits per heavy atom. The number of aryl methyl sites for hydroxylation is 1. The van der Waals surface area contributed by atoms with E-state index in [1.165, 1.54) is 0 Å². The number of hydrogen-bond donors (Lipinski definition) is 2. The third kappa shape index (κ3) is 3.56. The monoisotopic (exact) mass is 219 g/mol. The molecule has 1 aromatic heterocycles. The van der Waals surface area contributed by atoms with Crippen molar-refractivity contribution in [1.29, 1.82) is 0 Å². The largest absolute Gasteiger partial charge is 0.386 e. The maximum absolute atomic E-state index is 11.9. The summed E-state index contributed by atoms with van der Waals surface area (Å²) in [5.74, 6) is 0. The molecule has 4 nitrogen and oxygen atoms in total. The van der Waals surface area contributed by atoms with Gasteiger partial charge in [-0.05, 0) is 6.92 Å². The number of aliphatic hydroxyl groups is 1. The fourth-order valence-electron chi connectivity index (χ4n) is 1.22. The molecule has 0 spiro atoms.